The number of benzene rings is 1. The van der Waals surface area contributed by atoms with Crippen LogP contribution in [-0.4, -0.2) is 15.6 Å². The molecule has 1 fully saturated rings. The second-order valence-corrected chi connectivity index (χ2v) is 6.79. The molecule has 3 unspecified atom stereocenters. The van der Waals surface area contributed by atoms with Crippen molar-refractivity contribution in [2.75, 3.05) is 0 Å². The van der Waals surface area contributed by atoms with E-state index in [0.29, 0.717) is 6.04 Å². The van der Waals surface area contributed by atoms with Crippen LogP contribution in [0.25, 0.3) is 11.0 Å². The lowest BCUT2D eigenvalue weighted by Gasteiger charge is -2.37. The van der Waals surface area contributed by atoms with E-state index in [0.717, 1.165) is 30.2 Å². The van der Waals surface area contributed by atoms with E-state index in [9.17, 15) is 0 Å². The van der Waals surface area contributed by atoms with Crippen LogP contribution in [0.4, 0.5) is 0 Å². The number of imidazole rings is 1. The van der Waals surface area contributed by atoms with Gasteiger partial charge in [0, 0.05) is 12.5 Å². The highest BCUT2D eigenvalue weighted by Crippen LogP contribution is 2.38. The van der Waals surface area contributed by atoms with Crippen LogP contribution in [0.1, 0.15) is 51.9 Å². The summed E-state index contributed by atoms with van der Waals surface area (Å²) in [6, 6.07) is 9.12. The summed E-state index contributed by atoms with van der Waals surface area (Å²) in [5.41, 5.74) is 8.85. The molecule has 0 aliphatic heterocycles. The van der Waals surface area contributed by atoms with Crippen molar-refractivity contribution in [1.29, 1.82) is 0 Å². The number of aryl methyl sites for hydroxylation is 1. The second-order valence-electron chi connectivity index (χ2n) is 6.79. The van der Waals surface area contributed by atoms with E-state index in [-0.39, 0.29) is 6.04 Å². The average molecular weight is 285 g/mol. The summed E-state index contributed by atoms with van der Waals surface area (Å²) < 4.78 is 2.44. The number of para-hydroxylation sites is 2. The third-order valence-electron chi connectivity index (χ3n) is 5.17. The fraction of sp³-hybridized carbons (Fsp3) is 0.611. The monoisotopic (exact) mass is 285 g/mol. The van der Waals surface area contributed by atoms with Gasteiger partial charge in [0.25, 0.3) is 0 Å². The molecule has 1 aliphatic carbocycles. The minimum Gasteiger partial charge on any atom is -0.326 e. The lowest BCUT2D eigenvalue weighted by atomic mass is 9.77. The summed E-state index contributed by atoms with van der Waals surface area (Å²) in [6.45, 7) is 6.86. The number of aromatic nitrogens is 2. The minimum atomic E-state index is 0.253. The molecule has 1 saturated carbocycles. The normalized spacial score (nSPS) is 26.6. The highest BCUT2D eigenvalue weighted by Gasteiger charge is 2.32. The van der Waals surface area contributed by atoms with Crippen LogP contribution in [0, 0.1) is 11.8 Å². The number of rotatable bonds is 3. The van der Waals surface area contributed by atoms with Crippen molar-refractivity contribution >= 4 is 11.0 Å². The molecule has 0 amide bonds. The average Bonchev–Trinajstić information content (AvgIpc) is 2.86. The first-order chi connectivity index (χ1) is 10.1. The number of nitrogens with zero attached hydrogens (tertiary/aromatic N) is 2. The second kappa shape index (κ2) is 5.80. The van der Waals surface area contributed by atoms with Crippen LogP contribution >= 0.6 is 0 Å². The van der Waals surface area contributed by atoms with Crippen LogP contribution in [0.2, 0.25) is 0 Å². The highest BCUT2D eigenvalue weighted by atomic mass is 15.1. The summed E-state index contributed by atoms with van der Waals surface area (Å²) in [4.78, 5) is 4.82. The molecule has 1 aliphatic rings. The Morgan fingerprint density at radius 2 is 2.05 bits per heavy atom. The van der Waals surface area contributed by atoms with Crippen LogP contribution in [0.15, 0.2) is 24.3 Å². The van der Waals surface area contributed by atoms with E-state index in [2.05, 4.69) is 49.6 Å². The SMILES string of the molecule is CCc1nc2ccccc2n1C1CC(C(C)C)CCC1N. The molecule has 3 atom stereocenters. The fourth-order valence-electron chi connectivity index (χ4n) is 3.82. The van der Waals surface area contributed by atoms with Crippen molar-refractivity contribution in [1.82, 2.24) is 9.55 Å². The van der Waals surface area contributed by atoms with Gasteiger partial charge < -0.3 is 10.3 Å². The molecule has 1 aromatic carbocycles. The lowest BCUT2D eigenvalue weighted by molar-refractivity contribution is 0.193. The van der Waals surface area contributed by atoms with Crippen LogP contribution in [-0.2, 0) is 6.42 Å². The van der Waals surface area contributed by atoms with Crippen LogP contribution < -0.4 is 5.73 Å². The summed E-state index contributed by atoms with van der Waals surface area (Å²) in [5, 5.41) is 0. The van der Waals surface area contributed by atoms with E-state index in [1.165, 1.54) is 24.2 Å². The van der Waals surface area contributed by atoms with Crippen molar-refractivity contribution in [3.63, 3.8) is 0 Å². The van der Waals surface area contributed by atoms with E-state index in [1.54, 1.807) is 0 Å². The van der Waals surface area contributed by atoms with E-state index in [1.807, 2.05) is 0 Å². The zero-order valence-electron chi connectivity index (χ0n) is 13.4. The molecular weight excluding hydrogens is 258 g/mol. The summed E-state index contributed by atoms with van der Waals surface area (Å²) in [5.74, 6) is 2.70. The van der Waals surface area contributed by atoms with Gasteiger partial charge in [0.2, 0.25) is 0 Å². The molecule has 114 valence electrons. The van der Waals surface area contributed by atoms with Gasteiger partial charge in [-0.05, 0) is 43.2 Å². The van der Waals surface area contributed by atoms with Crippen LogP contribution in [0.3, 0.4) is 0 Å². The Hall–Kier alpha value is -1.35. The summed E-state index contributed by atoms with van der Waals surface area (Å²) in [7, 11) is 0. The molecule has 2 N–H and O–H groups in total. The highest BCUT2D eigenvalue weighted by molar-refractivity contribution is 5.76. The Morgan fingerprint density at radius 3 is 2.76 bits per heavy atom. The molecule has 1 heterocycles. The number of nitrogens with two attached hydrogens (primary N) is 1. The van der Waals surface area contributed by atoms with Crippen molar-refractivity contribution < 1.29 is 0 Å². The summed E-state index contributed by atoms with van der Waals surface area (Å²) in [6.07, 6.45) is 4.54. The van der Waals surface area contributed by atoms with E-state index in [4.69, 9.17) is 10.7 Å². The van der Waals surface area contributed by atoms with Gasteiger partial charge in [-0.25, -0.2) is 4.98 Å². The first-order valence-electron chi connectivity index (χ1n) is 8.33. The topological polar surface area (TPSA) is 43.8 Å². The Bertz CT molecular complexity index is 614. The predicted molar refractivity (Wildman–Crippen MR) is 88.3 cm³/mol. The van der Waals surface area contributed by atoms with Gasteiger partial charge in [-0.15, -0.1) is 0 Å². The molecule has 3 rings (SSSR count). The van der Waals surface area contributed by atoms with Crippen LogP contribution in [0.5, 0.6) is 0 Å². The molecule has 21 heavy (non-hydrogen) atoms. The van der Waals surface area contributed by atoms with Gasteiger partial charge in [-0.3, -0.25) is 0 Å². The van der Waals surface area contributed by atoms with Crippen molar-refractivity contribution in [3.05, 3.63) is 30.1 Å². The molecule has 3 heteroatoms. The number of fused-ring (bicyclic) bond motifs is 1. The molecule has 0 radical (unpaired) electrons. The van der Waals surface area contributed by atoms with E-state index >= 15 is 0 Å². The maximum absolute atomic E-state index is 6.50. The quantitative estimate of drug-likeness (QED) is 0.928. The molecular formula is C18H27N3. The third kappa shape index (κ3) is 2.59. The molecule has 3 nitrogen and oxygen atoms in total. The third-order valence-corrected chi connectivity index (χ3v) is 5.17. The van der Waals surface area contributed by atoms with Crippen molar-refractivity contribution in [2.24, 2.45) is 17.6 Å². The summed E-state index contributed by atoms with van der Waals surface area (Å²) >= 11 is 0. The Kier molecular flexibility index (Phi) is 4.03. The van der Waals surface area contributed by atoms with E-state index < -0.39 is 0 Å². The van der Waals surface area contributed by atoms with Gasteiger partial charge in [0.1, 0.15) is 5.82 Å². The van der Waals surface area contributed by atoms with Gasteiger partial charge in [-0.1, -0.05) is 32.9 Å². The molecule has 0 bridgehead atoms. The van der Waals surface area contributed by atoms with Gasteiger partial charge in [0.15, 0.2) is 0 Å². The Balaban J connectivity index is 2.05. The van der Waals surface area contributed by atoms with Gasteiger partial charge in [-0.2, -0.15) is 0 Å². The Morgan fingerprint density at radius 1 is 1.29 bits per heavy atom. The maximum atomic E-state index is 6.50. The maximum Gasteiger partial charge on any atom is 0.109 e. The first kappa shape index (κ1) is 14.6. The number of hydrogen-bond acceptors (Lipinski definition) is 2. The molecule has 0 saturated heterocycles. The fourth-order valence-corrected chi connectivity index (χ4v) is 3.82. The Labute approximate surface area is 127 Å². The molecule has 1 aromatic heterocycles. The minimum absolute atomic E-state index is 0.253. The van der Waals surface area contributed by atoms with Crippen molar-refractivity contribution in [3.8, 4) is 0 Å². The molecule has 0 spiro atoms. The van der Waals surface area contributed by atoms with Gasteiger partial charge >= 0.3 is 0 Å². The standard InChI is InChI=1S/C18H27N3/c1-4-18-20-15-7-5-6-8-16(15)21(18)17-11-13(12(2)3)9-10-14(17)19/h5-8,12-14,17H,4,9-11,19H2,1-3H3. The van der Waals surface area contributed by atoms with Gasteiger partial charge in [0.05, 0.1) is 17.1 Å². The zero-order chi connectivity index (χ0) is 15.0. The smallest absolute Gasteiger partial charge is 0.109 e. The zero-order valence-corrected chi connectivity index (χ0v) is 13.4. The predicted octanol–water partition coefficient (Wildman–Crippen LogP) is 3.92. The first-order valence-corrected chi connectivity index (χ1v) is 8.33. The van der Waals surface area contributed by atoms with Crippen molar-refractivity contribution in [2.45, 2.75) is 58.5 Å². The largest absolute Gasteiger partial charge is 0.326 e. The number of hydrogen-bond donors (Lipinski definition) is 1. The molecule has 2 aromatic rings. The lowest BCUT2D eigenvalue weighted by Crippen LogP contribution is -2.39.